The molecule has 0 aliphatic carbocycles. The van der Waals surface area contributed by atoms with E-state index in [0.717, 1.165) is 31.4 Å². The highest BCUT2D eigenvalue weighted by Crippen LogP contribution is 2.35. The van der Waals surface area contributed by atoms with Crippen molar-refractivity contribution in [2.45, 2.75) is 43.7 Å². The summed E-state index contributed by atoms with van der Waals surface area (Å²) in [6.07, 6.45) is 8.56. The van der Waals surface area contributed by atoms with Gasteiger partial charge in [-0.3, -0.25) is 0 Å². The lowest BCUT2D eigenvalue weighted by Gasteiger charge is -2.40. The van der Waals surface area contributed by atoms with Crippen LogP contribution in [0.25, 0.3) is 0 Å². The minimum Gasteiger partial charge on any atom is -0.472 e. The standard InChI is InChI=1S/C13H19NO2/c15-13(8-11-3-7-16-10-11)4-6-14-5-1-2-12(14)9-13/h3,7,10,12,15H,1-2,4-6,8-9H2. The minimum absolute atomic E-state index is 0.505. The largest absolute Gasteiger partial charge is 0.472 e. The van der Waals surface area contributed by atoms with Gasteiger partial charge >= 0.3 is 0 Å². The Morgan fingerprint density at radius 1 is 1.50 bits per heavy atom. The number of aliphatic hydroxyl groups is 1. The maximum atomic E-state index is 10.6. The van der Waals surface area contributed by atoms with Crippen molar-refractivity contribution < 1.29 is 9.52 Å². The fourth-order valence-corrected chi connectivity index (χ4v) is 3.25. The molecule has 3 nitrogen and oxygen atoms in total. The van der Waals surface area contributed by atoms with Crippen molar-refractivity contribution in [2.24, 2.45) is 0 Å². The van der Waals surface area contributed by atoms with Gasteiger partial charge in [-0.1, -0.05) is 0 Å². The Balaban J connectivity index is 1.69. The van der Waals surface area contributed by atoms with Crippen molar-refractivity contribution >= 4 is 0 Å². The van der Waals surface area contributed by atoms with Crippen LogP contribution in [0.4, 0.5) is 0 Å². The Morgan fingerprint density at radius 3 is 3.25 bits per heavy atom. The second-order valence-electron chi connectivity index (χ2n) is 5.32. The molecule has 2 fully saturated rings. The number of hydrogen-bond acceptors (Lipinski definition) is 3. The number of furan rings is 1. The van der Waals surface area contributed by atoms with Crippen molar-refractivity contribution in [3.63, 3.8) is 0 Å². The monoisotopic (exact) mass is 221 g/mol. The number of fused-ring (bicyclic) bond motifs is 1. The molecular weight excluding hydrogens is 202 g/mol. The van der Waals surface area contributed by atoms with E-state index in [1.54, 1.807) is 12.5 Å². The molecule has 3 rings (SSSR count). The number of piperidine rings is 1. The molecule has 0 aromatic carbocycles. The van der Waals surface area contributed by atoms with E-state index in [4.69, 9.17) is 4.42 Å². The van der Waals surface area contributed by atoms with E-state index >= 15 is 0 Å². The fourth-order valence-electron chi connectivity index (χ4n) is 3.25. The third-order valence-electron chi connectivity index (χ3n) is 4.09. The first-order valence-electron chi connectivity index (χ1n) is 6.23. The number of hydrogen-bond donors (Lipinski definition) is 1. The van der Waals surface area contributed by atoms with Crippen molar-refractivity contribution in [1.82, 2.24) is 4.90 Å². The molecular formula is C13H19NO2. The number of nitrogens with zero attached hydrogens (tertiary/aromatic N) is 1. The van der Waals surface area contributed by atoms with Crippen LogP contribution < -0.4 is 0 Å². The van der Waals surface area contributed by atoms with E-state index < -0.39 is 5.60 Å². The van der Waals surface area contributed by atoms with E-state index in [2.05, 4.69) is 4.90 Å². The number of rotatable bonds is 2. The molecule has 3 heteroatoms. The first kappa shape index (κ1) is 10.4. The summed E-state index contributed by atoms with van der Waals surface area (Å²) < 4.78 is 5.07. The summed E-state index contributed by atoms with van der Waals surface area (Å²) in [5, 5.41) is 10.6. The van der Waals surface area contributed by atoms with Crippen LogP contribution in [0.5, 0.6) is 0 Å². The maximum Gasteiger partial charge on any atom is 0.0935 e. The summed E-state index contributed by atoms with van der Waals surface area (Å²) in [6.45, 7) is 2.28. The summed E-state index contributed by atoms with van der Waals surface area (Å²) in [5.74, 6) is 0. The van der Waals surface area contributed by atoms with Crippen molar-refractivity contribution in [1.29, 1.82) is 0 Å². The molecule has 2 aliphatic heterocycles. The molecule has 1 aromatic heterocycles. The Morgan fingerprint density at radius 2 is 2.44 bits per heavy atom. The van der Waals surface area contributed by atoms with Gasteiger partial charge in [0, 0.05) is 19.0 Å². The van der Waals surface area contributed by atoms with Crippen molar-refractivity contribution in [2.75, 3.05) is 13.1 Å². The SMILES string of the molecule is OC1(Cc2ccoc2)CCN2CCCC2C1. The summed E-state index contributed by atoms with van der Waals surface area (Å²) in [4.78, 5) is 2.53. The first-order chi connectivity index (χ1) is 7.75. The van der Waals surface area contributed by atoms with Gasteiger partial charge in [-0.25, -0.2) is 0 Å². The smallest absolute Gasteiger partial charge is 0.0935 e. The molecule has 88 valence electrons. The molecule has 0 radical (unpaired) electrons. The van der Waals surface area contributed by atoms with Crippen molar-refractivity contribution in [3.05, 3.63) is 24.2 Å². The molecule has 2 saturated heterocycles. The lowest BCUT2D eigenvalue weighted by Crippen LogP contribution is -2.48. The Hall–Kier alpha value is -0.800. The third kappa shape index (κ3) is 1.89. The van der Waals surface area contributed by atoms with Crippen LogP contribution >= 0.6 is 0 Å². The van der Waals surface area contributed by atoms with Crippen LogP contribution in [0.1, 0.15) is 31.2 Å². The zero-order valence-corrected chi connectivity index (χ0v) is 9.56. The van der Waals surface area contributed by atoms with Gasteiger partial charge in [0.25, 0.3) is 0 Å². The predicted octanol–water partition coefficient (Wildman–Crippen LogP) is 1.81. The molecule has 1 aromatic rings. The lowest BCUT2D eigenvalue weighted by atomic mass is 9.82. The van der Waals surface area contributed by atoms with E-state index in [0.29, 0.717) is 6.04 Å². The maximum absolute atomic E-state index is 10.6. The van der Waals surface area contributed by atoms with Crippen LogP contribution in [0.3, 0.4) is 0 Å². The van der Waals surface area contributed by atoms with Gasteiger partial charge in [0.15, 0.2) is 0 Å². The van der Waals surface area contributed by atoms with Gasteiger partial charge in [0.05, 0.1) is 18.1 Å². The zero-order chi connectivity index (χ0) is 11.0. The van der Waals surface area contributed by atoms with Gasteiger partial charge in [-0.2, -0.15) is 0 Å². The van der Waals surface area contributed by atoms with Crippen LogP contribution in [0.2, 0.25) is 0 Å². The lowest BCUT2D eigenvalue weighted by molar-refractivity contribution is -0.0354. The second-order valence-corrected chi connectivity index (χ2v) is 5.32. The molecule has 1 N–H and O–H groups in total. The highest BCUT2D eigenvalue weighted by atomic mass is 16.3. The molecule has 2 unspecified atom stereocenters. The van der Waals surface area contributed by atoms with Gasteiger partial charge in [0.2, 0.25) is 0 Å². The average molecular weight is 221 g/mol. The van der Waals surface area contributed by atoms with Gasteiger partial charge < -0.3 is 14.4 Å². The molecule has 0 saturated carbocycles. The molecule has 0 amide bonds. The van der Waals surface area contributed by atoms with Crippen molar-refractivity contribution in [3.8, 4) is 0 Å². The predicted molar refractivity (Wildman–Crippen MR) is 61.2 cm³/mol. The zero-order valence-electron chi connectivity index (χ0n) is 9.56. The molecule has 0 bridgehead atoms. The molecule has 3 heterocycles. The van der Waals surface area contributed by atoms with E-state index in [-0.39, 0.29) is 0 Å². The Kier molecular flexibility index (Phi) is 2.52. The first-order valence-corrected chi connectivity index (χ1v) is 6.23. The Labute approximate surface area is 96.1 Å². The average Bonchev–Trinajstić information content (AvgIpc) is 2.87. The Bertz CT molecular complexity index is 349. The van der Waals surface area contributed by atoms with Gasteiger partial charge in [0.1, 0.15) is 0 Å². The molecule has 0 spiro atoms. The highest BCUT2D eigenvalue weighted by molar-refractivity contribution is 5.11. The van der Waals surface area contributed by atoms with Gasteiger partial charge in [-0.05, 0) is 43.9 Å². The van der Waals surface area contributed by atoms with Crippen LogP contribution in [0.15, 0.2) is 23.0 Å². The fraction of sp³-hybridized carbons (Fsp3) is 0.692. The summed E-state index contributed by atoms with van der Waals surface area (Å²) in [5.41, 5.74) is 0.615. The third-order valence-corrected chi connectivity index (χ3v) is 4.09. The minimum atomic E-state index is -0.505. The quantitative estimate of drug-likeness (QED) is 0.827. The normalized spacial score (nSPS) is 35.2. The van der Waals surface area contributed by atoms with E-state index in [1.165, 1.54) is 19.4 Å². The highest BCUT2D eigenvalue weighted by Gasteiger charge is 2.40. The molecule has 2 aliphatic rings. The summed E-state index contributed by atoms with van der Waals surface area (Å²) >= 11 is 0. The van der Waals surface area contributed by atoms with E-state index in [1.807, 2.05) is 6.07 Å². The summed E-state index contributed by atoms with van der Waals surface area (Å²) in [6, 6.07) is 2.57. The van der Waals surface area contributed by atoms with Crippen LogP contribution in [-0.4, -0.2) is 34.7 Å². The van der Waals surface area contributed by atoms with E-state index in [9.17, 15) is 5.11 Å². The summed E-state index contributed by atoms with van der Waals surface area (Å²) in [7, 11) is 0. The van der Waals surface area contributed by atoms with Crippen LogP contribution in [-0.2, 0) is 6.42 Å². The van der Waals surface area contributed by atoms with Gasteiger partial charge in [-0.15, -0.1) is 0 Å². The topological polar surface area (TPSA) is 36.6 Å². The second kappa shape index (κ2) is 3.90. The molecule has 2 atom stereocenters. The molecule has 16 heavy (non-hydrogen) atoms. The van der Waals surface area contributed by atoms with Crippen LogP contribution in [0, 0.1) is 0 Å².